The normalized spacial score (nSPS) is 15.0. The Morgan fingerprint density at radius 1 is 1.18 bits per heavy atom. The van der Waals surface area contributed by atoms with E-state index in [4.69, 9.17) is 9.26 Å². The standard InChI is InChI=1S/C20H22N4O3S/c1-26-16-6-3-2-5-15(16)13-19(25)24-10-8-23(9-11-24)14-18-21-20(22-27-18)17-7-4-12-28-17/h2-7,12H,8-11,13-14H2,1H3. The van der Waals surface area contributed by atoms with Gasteiger partial charge >= 0.3 is 0 Å². The summed E-state index contributed by atoms with van der Waals surface area (Å²) in [5.41, 5.74) is 0.921. The Morgan fingerprint density at radius 2 is 2.00 bits per heavy atom. The third kappa shape index (κ3) is 4.23. The summed E-state index contributed by atoms with van der Waals surface area (Å²) in [7, 11) is 1.63. The molecule has 2 aromatic heterocycles. The van der Waals surface area contributed by atoms with Gasteiger partial charge in [0, 0.05) is 31.7 Å². The van der Waals surface area contributed by atoms with Gasteiger partial charge in [-0.2, -0.15) is 4.98 Å². The molecular weight excluding hydrogens is 376 g/mol. The minimum absolute atomic E-state index is 0.127. The number of aromatic nitrogens is 2. The lowest BCUT2D eigenvalue weighted by Crippen LogP contribution is -2.48. The molecule has 146 valence electrons. The van der Waals surface area contributed by atoms with Gasteiger partial charge < -0.3 is 14.2 Å². The minimum atomic E-state index is 0.127. The molecule has 4 rings (SSSR count). The second kappa shape index (κ2) is 8.53. The van der Waals surface area contributed by atoms with Crippen molar-refractivity contribution in [1.82, 2.24) is 19.9 Å². The van der Waals surface area contributed by atoms with Gasteiger partial charge in [-0.15, -0.1) is 11.3 Å². The molecule has 3 heterocycles. The fraction of sp³-hybridized carbons (Fsp3) is 0.350. The van der Waals surface area contributed by atoms with E-state index in [-0.39, 0.29) is 5.91 Å². The van der Waals surface area contributed by atoms with Crippen molar-refractivity contribution in [2.24, 2.45) is 0 Å². The summed E-state index contributed by atoms with van der Waals surface area (Å²) in [4.78, 5) is 22.3. The number of hydrogen-bond donors (Lipinski definition) is 0. The first-order valence-corrected chi connectivity index (χ1v) is 10.1. The highest BCUT2D eigenvalue weighted by molar-refractivity contribution is 7.13. The lowest BCUT2D eigenvalue weighted by molar-refractivity contribution is -0.132. The SMILES string of the molecule is COc1ccccc1CC(=O)N1CCN(Cc2nc(-c3cccs3)no2)CC1. The molecule has 28 heavy (non-hydrogen) atoms. The van der Waals surface area contributed by atoms with Gasteiger partial charge in [0.1, 0.15) is 5.75 Å². The van der Waals surface area contributed by atoms with Gasteiger partial charge in [-0.1, -0.05) is 29.4 Å². The number of carbonyl (C=O) groups is 1. The molecule has 1 saturated heterocycles. The summed E-state index contributed by atoms with van der Waals surface area (Å²) in [5, 5.41) is 6.04. The second-order valence-corrected chi connectivity index (χ2v) is 7.58. The van der Waals surface area contributed by atoms with Gasteiger partial charge in [-0.05, 0) is 17.5 Å². The second-order valence-electron chi connectivity index (χ2n) is 6.63. The van der Waals surface area contributed by atoms with Gasteiger partial charge in [-0.3, -0.25) is 9.69 Å². The molecule has 1 amide bonds. The van der Waals surface area contributed by atoms with Gasteiger partial charge in [0.15, 0.2) is 0 Å². The van der Waals surface area contributed by atoms with Crippen LogP contribution in [0.4, 0.5) is 0 Å². The van der Waals surface area contributed by atoms with Crippen LogP contribution in [0.2, 0.25) is 0 Å². The molecule has 0 unspecified atom stereocenters. The Labute approximate surface area is 167 Å². The quantitative estimate of drug-likeness (QED) is 0.636. The number of rotatable bonds is 6. The van der Waals surface area contributed by atoms with E-state index in [1.165, 1.54) is 0 Å². The number of piperazine rings is 1. The zero-order valence-electron chi connectivity index (χ0n) is 15.7. The molecule has 0 radical (unpaired) electrons. The third-order valence-electron chi connectivity index (χ3n) is 4.83. The van der Waals surface area contributed by atoms with E-state index in [2.05, 4.69) is 15.0 Å². The number of nitrogens with zero attached hydrogens (tertiary/aromatic N) is 4. The maximum atomic E-state index is 12.6. The predicted octanol–water partition coefficient (Wildman–Crippen LogP) is 2.69. The van der Waals surface area contributed by atoms with Gasteiger partial charge in [0.05, 0.1) is 25.0 Å². The van der Waals surface area contributed by atoms with Crippen LogP contribution in [-0.4, -0.2) is 59.1 Å². The van der Waals surface area contributed by atoms with Crippen molar-refractivity contribution in [1.29, 1.82) is 0 Å². The molecule has 0 saturated carbocycles. The number of methoxy groups -OCH3 is 1. The molecule has 0 bridgehead atoms. The van der Waals surface area contributed by atoms with Crippen molar-refractivity contribution >= 4 is 17.2 Å². The van der Waals surface area contributed by atoms with Crippen LogP contribution in [-0.2, 0) is 17.8 Å². The van der Waals surface area contributed by atoms with Crippen LogP contribution in [0.1, 0.15) is 11.5 Å². The van der Waals surface area contributed by atoms with Crippen LogP contribution in [0.3, 0.4) is 0 Å². The van der Waals surface area contributed by atoms with E-state index in [1.54, 1.807) is 18.4 Å². The first-order chi connectivity index (χ1) is 13.7. The van der Waals surface area contributed by atoms with Crippen molar-refractivity contribution in [2.75, 3.05) is 33.3 Å². The lowest BCUT2D eigenvalue weighted by atomic mass is 10.1. The Kier molecular flexibility index (Phi) is 5.68. The van der Waals surface area contributed by atoms with Crippen LogP contribution >= 0.6 is 11.3 Å². The summed E-state index contributed by atoms with van der Waals surface area (Å²) in [6.07, 6.45) is 0.359. The molecular formula is C20H22N4O3S. The molecule has 0 spiro atoms. The third-order valence-corrected chi connectivity index (χ3v) is 5.69. The lowest BCUT2D eigenvalue weighted by Gasteiger charge is -2.34. The topological polar surface area (TPSA) is 71.7 Å². The number of ether oxygens (including phenoxy) is 1. The smallest absolute Gasteiger partial charge is 0.241 e. The average Bonchev–Trinajstić information content (AvgIpc) is 3.41. The van der Waals surface area contributed by atoms with Crippen LogP contribution in [0.25, 0.3) is 10.7 Å². The zero-order valence-corrected chi connectivity index (χ0v) is 16.5. The van der Waals surface area contributed by atoms with Gasteiger partial charge in [-0.25, -0.2) is 0 Å². The number of thiophene rings is 1. The number of hydrogen-bond acceptors (Lipinski definition) is 7. The highest BCUT2D eigenvalue weighted by Gasteiger charge is 2.23. The van der Waals surface area contributed by atoms with E-state index < -0.39 is 0 Å². The van der Waals surface area contributed by atoms with Crippen LogP contribution < -0.4 is 4.74 Å². The van der Waals surface area contributed by atoms with Crippen molar-refractivity contribution in [3.05, 3.63) is 53.2 Å². The number of carbonyl (C=O) groups excluding carboxylic acids is 1. The summed E-state index contributed by atoms with van der Waals surface area (Å²) >= 11 is 1.59. The molecule has 0 atom stereocenters. The van der Waals surface area contributed by atoms with Crippen molar-refractivity contribution in [3.8, 4) is 16.5 Å². The molecule has 0 aliphatic carbocycles. The van der Waals surface area contributed by atoms with E-state index in [0.29, 0.717) is 37.8 Å². The van der Waals surface area contributed by atoms with Crippen molar-refractivity contribution in [2.45, 2.75) is 13.0 Å². The molecule has 1 fully saturated rings. The fourth-order valence-corrected chi connectivity index (χ4v) is 3.94. The van der Waals surface area contributed by atoms with E-state index >= 15 is 0 Å². The molecule has 7 nitrogen and oxygen atoms in total. The van der Waals surface area contributed by atoms with Crippen molar-refractivity contribution < 1.29 is 14.1 Å². The maximum absolute atomic E-state index is 12.6. The molecule has 3 aromatic rings. The van der Waals surface area contributed by atoms with E-state index in [9.17, 15) is 4.79 Å². The first-order valence-electron chi connectivity index (χ1n) is 9.21. The van der Waals surface area contributed by atoms with Crippen LogP contribution in [0, 0.1) is 0 Å². The Morgan fingerprint density at radius 3 is 2.75 bits per heavy atom. The molecule has 1 aliphatic rings. The number of amides is 1. The number of benzene rings is 1. The van der Waals surface area contributed by atoms with Gasteiger partial charge in [0.25, 0.3) is 0 Å². The molecule has 8 heteroatoms. The zero-order chi connectivity index (χ0) is 19.3. The largest absolute Gasteiger partial charge is 0.496 e. The minimum Gasteiger partial charge on any atom is -0.496 e. The molecule has 1 aromatic carbocycles. The highest BCUT2D eigenvalue weighted by Crippen LogP contribution is 2.22. The number of para-hydroxylation sites is 1. The summed E-state index contributed by atoms with van der Waals surface area (Å²) in [5.74, 6) is 2.13. The summed E-state index contributed by atoms with van der Waals surface area (Å²) < 4.78 is 10.7. The maximum Gasteiger partial charge on any atom is 0.241 e. The molecule has 0 N–H and O–H groups in total. The monoisotopic (exact) mass is 398 g/mol. The Bertz CT molecular complexity index is 917. The average molecular weight is 398 g/mol. The summed E-state index contributed by atoms with van der Waals surface area (Å²) in [6, 6.07) is 11.6. The Balaban J connectivity index is 1.29. The fourth-order valence-electron chi connectivity index (χ4n) is 3.30. The van der Waals surface area contributed by atoms with Crippen molar-refractivity contribution in [3.63, 3.8) is 0 Å². The van der Waals surface area contributed by atoms with Crippen LogP contribution in [0.15, 0.2) is 46.3 Å². The Hall–Kier alpha value is -2.71. The van der Waals surface area contributed by atoms with Crippen LogP contribution in [0.5, 0.6) is 5.75 Å². The van der Waals surface area contributed by atoms with E-state index in [1.807, 2.05) is 46.7 Å². The van der Waals surface area contributed by atoms with E-state index in [0.717, 1.165) is 29.3 Å². The first kappa shape index (κ1) is 18.6. The molecule has 1 aliphatic heterocycles. The highest BCUT2D eigenvalue weighted by atomic mass is 32.1. The van der Waals surface area contributed by atoms with Gasteiger partial charge in [0.2, 0.25) is 17.6 Å². The summed E-state index contributed by atoms with van der Waals surface area (Å²) in [6.45, 7) is 3.56. The predicted molar refractivity (Wildman–Crippen MR) is 106 cm³/mol.